The third kappa shape index (κ3) is 4.42. The number of hydrogen-bond donors (Lipinski definition) is 1. The van der Waals surface area contributed by atoms with Gasteiger partial charge in [0.2, 0.25) is 5.91 Å². The van der Waals surface area contributed by atoms with Gasteiger partial charge in [-0.2, -0.15) is 5.10 Å². The summed E-state index contributed by atoms with van der Waals surface area (Å²) in [5.74, 6) is -0.0991. The van der Waals surface area contributed by atoms with E-state index in [1.54, 1.807) is 35.2 Å². The second kappa shape index (κ2) is 7.19. The average molecular weight is 400 g/mol. The van der Waals surface area contributed by atoms with Crippen molar-refractivity contribution >= 4 is 44.8 Å². The first-order chi connectivity index (χ1) is 11.8. The van der Waals surface area contributed by atoms with Crippen molar-refractivity contribution in [3.05, 3.63) is 57.6 Å². The van der Waals surface area contributed by atoms with E-state index in [1.165, 1.54) is 0 Å². The Morgan fingerprint density at radius 1 is 1.32 bits per heavy atom. The van der Waals surface area contributed by atoms with Gasteiger partial charge in [-0.15, -0.1) is 0 Å². The molecule has 132 valence electrons. The maximum atomic E-state index is 12.2. The zero-order chi connectivity index (χ0) is 18.0. The van der Waals surface area contributed by atoms with Crippen molar-refractivity contribution in [1.29, 1.82) is 0 Å². The summed E-state index contributed by atoms with van der Waals surface area (Å²) in [5.41, 5.74) is 0.776. The summed E-state index contributed by atoms with van der Waals surface area (Å²) in [4.78, 5) is 12.2. The van der Waals surface area contributed by atoms with Crippen LogP contribution in [-0.2, 0) is 21.2 Å². The lowest BCUT2D eigenvalue weighted by Crippen LogP contribution is -2.20. The Balaban J connectivity index is 1.67. The first-order valence-electron chi connectivity index (χ1n) is 7.49. The van der Waals surface area contributed by atoms with Crippen LogP contribution in [0.4, 0.5) is 5.82 Å². The second-order valence-corrected chi connectivity index (χ2v) is 8.47. The van der Waals surface area contributed by atoms with Crippen LogP contribution in [-0.4, -0.2) is 29.9 Å². The molecule has 0 aliphatic carbocycles. The van der Waals surface area contributed by atoms with Crippen molar-refractivity contribution in [2.45, 2.75) is 13.0 Å². The van der Waals surface area contributed by atoms with Gasteiger partial charge in [0, 0.05) is 23.8 Å². The lowest BCUT2D eigenvalue weighted by atomic mass is 10.1. The van der Waals surface area contributed by atoms with Crippen LogP contribution in [0.2, 0.25) is 10.0 Å². The summed E-state index contributed by atoms with van der Waals surface area (Å²) >= 11 is 12.2. The van der Waals surface area contributed by atoms with E-state index in [-0.39, 0.29) is 24.0 Å². The maximum Gasteiger partial charge on any atom is 0.226 e. The minimum atomic E-state index is -3.17. The average Bonchev–Trinajstić information content (AvgIpc) is 3.10. The van der Waals surface area contributed by atoms with Gasteiger partial charge in [-0.3, -0.25) is 4.79 Å². The number of amides is 1. The van der Waals surface area contributed by atoms with E-state index in [0.717, 1.165) is 11.0 Å². The number of allylic oxidation sites excluding steroid dienone is 1. The van der Waals surface area contributed by atoms with Crippen LogP contribution in [0.15, 0.2) is 41.9 Å². The molecule has 1 aliphatic rings. The molecule has 0 saturated heterocycles. The van der Waals surface area contributed by atoms with Gasteiger partial charge < -0.3 is 5.32 Å². The molecule has 6 nitrogen and oxygen atoms in total. The fourth-order valence-electron chi connectivity index (χ4n) is 2.60. The quantitative estimate of drug-likeness (QED) is 0.836. The monoisotopic (exact) mass is 399 g/mol. The van der Waals surface area contributed by atoms with Gasteiger partial charge in [-0.25, -0.2) is 13.1 Å². The van der Waals surface area contributed by atoms with Gasteiger partial charge in [0.25, 0.3) is 0 Å². The van der Waals surface area contributed by atoms with Gasteiger partial charge in [0.05, 0.1) is 28.5 Å². The van der Waals surface area contributed by atoms with E-state index in [9.17, 15) is 13.2 Å². The molecule has 1 atom stereocenters. The van der Waals surface area contributed by atoms with Crippen LogP contribution < -0.4 is 5.32 Å². The predicted octanol–water partition coefficient (Wildman–Crippen LogP) is 3.13. The van der Waals surface area contributed by atoms with Crippen LogP contribution in [0, 0.1) is 5.92 Å². The highest BCUT2D eigenvalue weighted by Gasteiger charge is 2.24. The zero-order valence-corrected chi connectivity index (χ0v) is 15.4. The maximum absolute atomic E-state index is 12.2. The summed E-state index contributed by atoms with van der Waals surface area (Å²) in [6.07, 6.45) is 3.21. The Morgan fingerprint density at radius 2 is 2.12 bits per heavy atom. The number of benzene rings is 1. The van der Waals surface area contributed by atoms with E-state index in [0.29, 0.717) is 22.4 Å². The van der Waals surface area contributed by atoms with Crippen LogP contribution in [0.25, 0.3) is 0 Å². The van der Waals surface area contributed by atoms with Crippen molar-refractivity contribution in [3.63, 3.8) is 0 Å². The van der Waals surface area contributed by atoms with Gasteiger partial charge in [0.1, 0.15) is 5.82 Å². The summed E-state index contributed by atoms with van der Waals surface area (Å²) in [5, 5.41) is 8.99. The molecule has 1 aliphatic heterocycles. The molecule has 3 rings (SSSR count). The van der Waals surface area contributed by atoms with Gasteiger partial charge in [-0.1, -0.05) is 41.4 Å². The van der Waals surface area contributed by atoms with E-state index < -0.39 is 9.84 Å². The van der Waals surface area contributed by atoms with Crippen molar-refractivity contribution in [2.75, 3.05) is 11.1 Å². The molecule has 1 amide bonds. The Morgan fingerprint density at radius 3 is 2.84 bits per heavy atom. The van der Waals surface area contributed by atoms with E-state index in [2.05, 4.69) is 10.4 Å². The van der Waals surface area contributed by atoms with Crippen LogP contribution in [0.3, 0.4) is 0 Å². The Labute approximate surface area is 155 Å². The van der Waals surface area contributed by atoms with E-state index >= 15 is 0 Å². The third-order valence-electron chi connectivity index (χ3n) is 3.79. The molecular formula is C16H15Cl2N3O3S. The van der Waals surface area contributed by atoms with Gasteiger partial charge in [-0.05, 0) is 11.6 Å². The zero-order valence-electron chi connectivity index (χ0n) is 13.0. The standard InChI is InChI=1S/C16H15Cl2N3O3S/c17-13-3-1-2-12(16(13)18)9-21-14(4-6-19-21)20-15(22)8-11-5-7-25(23,24)10-11/h1-7,11H,8-10H2,(H,20,22). The first-order valence-corrected chi connectivity index (χ1v) is 9.97. The lowest BCUT2D eigenvalue weighted by molar-refractivity contribution is -0.116. The molecule has 0 saturated carbocycles. The number of anilines is 1. The summed E-state index contributed by atoms with van der Waals surface area (Å²) < 4.78 is 24.4. The smallest absolute Gasteiger partial charge is 0.226 e. The number of aromatic nitrogens is 2. The number of nitrogens with one attached hydrogen (secondary N) is 1. The molecule has 1 N–H and O–H groups in total. The number of rotatable bonds is 5. The van der Waals surface area contributed by atoms with E-state index in [4.69, 9.17) is 23.2 Å². The van der Waals surface area contributed by atoms with Crippen molar-refractivity contribution < 1.29 is 13.2 Å². The molecular weight excluding hydrogens is 385 g/mol. The number of sulfone groups is 1. The fourth-order valence-corrected chi connectivity index (χ4v) is 4.37. The highest BCUT2D eigenvalue weighted by atomic mass is 35.5. The molecule has 0 spiro atoms. The Bertz CT molecular complexity index is 938. The molecule has 2 aromatic rings. The topological polar surface area (TPSA) is 81.1 Å². The molecule has 0 fully saturated rings. The Kier molecular flexibility index (Phi) is 5.17. The highest BCUT2D eigenvalue weighted by Crippen LogP contribution is 2.27. The van der Waals surface area contributed by atoms with E-state index in [1.807, 2.05) is 6.07 Å². The molecule has 0 radical (unpaired) electrons. The summed E-state index contributed by atoms with van der Waals surface area (Å²) in [6.45, 7) is 0.347. The predicted molar refractivity (Wildman–Crippen MR) is 97.5 cm³/mol. The molecule has 1 aromatic carbocycles. The molecule has 25 heavy (non-hydrogen) atoms. The van der Waals surface area contributed by atoms with Crippen molar-refractivity contribution in [2.24, 2.45) is 5.92 Å². The SMILES string of the molecule is O=C(CC1C=CS(=O)(=O)C1)Nc1ccnn1Cc1cccc(Cl)c1Cl. The molecule has 9 heteroatoms. The first kappa shape index (κ1) is 18.0. The third-order valence-corrected chi connectivity index (χ3v) is 6.11. The molecule has 0 bridgehead atoms. The number of nitrogens with zero attached hydrogens (tertiary/aromatic N) is 2. The van der Waals surface area contributed by atoms with Crippen molar-refractivity contribution in [1.82, 2.24) is 9.78 Å². The number of carbonyl (C=O) groups excluding carboxylic acids is 1. The summed E-state index contributed by atoms with van der Waals surface area (Å²) in [7, 11) is -3.17. The molecule has 2 heterocycles. The second-order valence-electron chi connectivity index (χ2n) is 5.76. The normalized spacial score (nSPS) is 18.4. The lowest BCUT2D eigenvalue weighted by Gasteiger charge is -2.12. The van der Waals surface area contributed by atoms with Crippen LogP contribution in [0.1, 0.15) is 12.0 Å². The summed E-state index contributed by atoms with van der Waals surface area (Å²) in [6, 6.07) is 6.98. The number of hydrogen-bond acceptors (Lipinski definition) is 4. The minimum absolute atomic E-state index is 0.0300. The Hall–Kier alpha value is -1.83. The van der Waals surface area contributed by atoms with Crippen LogP contribution >= 0.6 is 23.2 Å². The van der Waals surface area contributed by atoms with Gasteiger partial charge >= 0.3 is 0 Å². The van der Waals surface area contributed by atoms with Gasteiger partial charge in [0.15, 0.2) is 9.84 Å². The highest BCUT2D eigenvalue weighted by molar-refractivity contribution is 7.94. The number of halogens is 2. The molecule has 1 aromatic heterocycles. The molecule has 1 unspecified atom stereocenters. The number of carbonyl (C=O) groups is 1. The van der Waals surface area contributed by atoms with Crippen molar-refractivity contribution in [3.8, 4) is 0 Å². The minimum Gasteiger partial charge on any atom is -0.311 e. The largest absolute Gasteiger partial charge is 0.311 e. The fraction of sp³-hybridized carbons (Fsp3) is 0.250. The van der Waals surface area contributed by atoms with Crippen LogP contribution in [0.5, 0.6) is 0 Å².